The number of carbonyl (C=O) groups excluding carboxylic acids is 1. The zero-order valence-corrected chi connectivity index (χ0v) is 12.2. The SMILES string of the molecule is C[Si](C)(C)C#CC(=O)c1cc(F)c(Cl)cc1Cl. The zero-order valence-electron chi connectivity index (χ0n) is 9.70. The van der Waals surface area contributed by atoms with Crippen LogP contribution >= 0.6 is 23.2 Å². The molecule has 0 aromatic heterocycles. The predicted octanol–water partition coefficient (Wildman–Crippen LogP) is 4.20. The summed E-state index contributed by atoms with van der Waals surface area (Å²) in [5, 5.41) is 0.0102. The van der Waals surface area contributed by atoms with E-state index in [1.54, 1.807) is 0 Å². The summed E-state index contributed by atoms with van der Waals surface area (Å²) in [5.41, 5.74) is 2.96. The standard InChI is InChI=1S/C12H11Cl2FOSi/c1-17(2,3)5-4-12(16)8-6-11(15)10(14)7-9(8)13/h6-7H,1-3H3. The molecule has 0 fully saturated rings. The minimum absolute atomic E-state index is 0.0549. The van der Waals surface area contributed by atoms with E-state index in [0.717, 1.165) is 6.07 Å². The van der Waals surface area contributed by atoms with E-state index in [4.69, 9.17) is 23.2 Å². The minimum atomic E-state index is -1.64. The molecule has 0 aliphatic carbocycles. The first-order chi connectivity index (χ1) is 7.70. The van der Waals surface area contributed by atoms with Crippen molar-refractivity contribution < 1.29 is 9.18 Å². The van der Waals surface area contributed by atoms with E-state index in [2.05, 4.69) is 11.5 Å². The van der Waals surface area contributed by atoms with E-state index in [1.807, 2.05) is 19.6 Å². The second-order valence-corrected chi connectivity index (χ2v) is 10.1. The summed E-state index contributed by atoms with van der Waals surface area (Å²) in [6.45, 7) is 6.03. The Bertz CT molecular complexity index is 524. The van der Waals surface area contributed by atoms with E-state index >= 15 is 0 Å². The molecule has 5 heteroatoms. The normalized spacial score (nSPS) is 10.7. The average molecular weight is 289 g/mol. The highest BCUT2D eigenvalue weighted by Gasteiger charge is 2.14. The number of ketones is 1. The fraction of sp³-hybridized carbons (Fsp3) is 0.250. The molecule has 0 heterocycles. The molecule has 0 saturated heterocycles. The van der Waals surface area contributed by atoms with Gasteiger partial charge in [0, 0.05) is 0 Å². The third-order valence-corrected chi connectivity index (χ3v) is 3.28. The Morgan fingerprint density at radius 1 is 1.24 bits per heavy atom. The van der Waals surface area contributed by atoms with Gasteiger partial charge in [-0.15, -0.1) is 5.54 Å². The van der Waals surface area contributed by atoms with Crippen molar-refractivity contribution in [3.63, 3.8) is 0 Å². The summed E-state index contributed by atoms with van der Waals surface area (Å²) in [4.78, 5) is 11.7. The lowest BCUT2D eigenvalue weighted by Gasteiger charge is -2.04. The van der Waals surface area contributed by atoms with Gasteiger partial charge in [-0.2, -0.15) is 0 Å². The van der Waals surface area contributed by atoms with Gasteiger partial charge in [-0.05, 0) is 18.1 Å². The molecular weight excluding hydrogens is 278 g/mol. The lowest BCUT2D eigenvalue weighted by Crippen LogP contribution is -2.17. The second kappa shape index (κ2) is 5.22. The number of benzene rings is 1. The quantitative estimate of drug-likeness (QED) is 0.328. The molecule has 0 N–H and O–H groups in total. The molecule has 0 radical (unpaired) electrons. The van der Waals surface area contributed by atoms with Crippen LogP contribution in [0.2, 0.25) is 29.7 Å². The van der Waals surface area contributed by atoms with Gasteiger partial charge in [0.15, 0.2) is 0 Å². The zero-order chi connectivity index (χ0) is 13.2. The number of hydrogen-bond acceptors (Lipinski definition) is 1. The largest absolute Gasteiger partial charge is 0.279 e. The Labute approximate surface area is 111 Å². The molecule has 1 aromatic rings. The van der Waals surface area contributed by atoms with Crippen molar-refractivity contribution in [3.8, 4) is 11.5 Å². The van der Waals surface area contributed by atoms with E-state index < -0.39 is 19.7 Å². The van der Waals surface area contributed by atoms with Gasteiger partial charge in [0.25, 0.3) is 0 Å². The monoisotopic (exact) mass is 288 g/mol. The maximum Gasteiger partial charge on any atom is 0.236 e. The molecule has 0 unspecified atom stereocenters. The van der Waals surface area contributed by atoms with Crippen molar-refractivity contribution in [2.24, 2.45) is 0 Å². The van der Waals surface area contributed by atoms with Crippen LogP contribution in [0.1, 0.15) is 10.4 Å². The Hall–Kier alpha value is -0.823. The second-order valence-electron chi connectivity index (χ2n) is 4.58. The number of carbonyl (C=O) groups is 1. The summed E-state index contributed by atoms with van der Waals surface area (Å²) in [5.74, 6) is 1.35. The number of hydrogen-bond donors (Lipinski definition) is 0. The third-order valence-electron chi connectivity index (χ3n) is 1.81. The van der Waals surface area contributed by atoms with Gasteiger partial charge < -0.3 is 0 Å². The number of rotatable bonds is 1. The molecule has 0 bridgehead atoms. The fourth-order valence-electron chi connectivity index (χ4n) is 1.01. The number of halogens is 3. The molecule has 0 atom stereocenters. The highest BCUT2D eigenvalue weighted by molar-refractivity contribution is 6.84. The summed E-state index contributed by atoms with van der Waals surface area (Å²) >= 11 is 11.4. The van der Waals surface area contributed by atoms with Gasteiger partial charge in [0.1, 0.15) is 13.9 Å². The molecule has 1 aromatic carbocycles. The van der Waals surface area contributed by atoms with E-state index in [9.17, 15) is 9.18 Å². The first-order valence-electron chi connectivity index (χ1n) is 4.93. The molecule has 1 rings (SSSR count). The van der Waals surface area contributed by atoms with Crippen molar-refractivity contribution >= 4 is 37.1 Å². The van der Waals surface area contributed by atoms with Crippen LogP contribution in [0, 0.1) is 17.3 Å². The summed E-state index contributed by atoms with van der Waals surface area (Å²) in [6.07, 6.45) is 0. The van der Waals surface area contributed by atoms with Crippen molar-refractivity contribution in [1.29, 1.82) is 0 Å². The van der Waals surface area contributed by atoms with Gasteiger partial charge in [-0.25, -0.2) is 4.39 Å². The predicted molar refractivity (Wildman–Crippen MR) is 71.9 cm³/mol. The fourth-order valence-corrected chi connectivity index (χ4v) is 1.97. The van der Waals surface area contributed by atoms with Crippen LogP contribution in [0.3, 0.4) is 0 Å². The lowest BCUT2D eigenvalue weighted by atomic mass is 10.1. The Kier molecular flexibility index (Phi) is 4.37. The smallest absolute Gasteiger partial charge is 0.236 e. The topological polar surface area (TPSA) is 17.1 Å². The van der Waals surface area contributed by atoms with Crippen LogP contribution in [-0.2, 0) is 0 Å². The molecule has 17 heavy (non-hydrogen) atoms. The van der Waals surface area contributed by atoms with Crippen LogP contribution in [0.15, 0.2) is 12.1 Å². The minimum Gasteiger partial charge on any atom is -0.279 e. The van der Waals surface area contributed by atoms with Crippen LogP contribution in [0.25, 0.3) is 0 Å². The van der Waals surface area contributed by atoms with E-state index in [1.165, 1.54) is 6.07 Å². The van der Waals surface area contributed by atoms with E-state index in [-0.39, 0.29) is 15.6 Å². The molecule has 0 saturated carbocycles. The van der Waals surface area contributed by atoms with Crippen LogP contribution in [0.4, 0.5) is 4.39 Å². The first-order valence-corrected chi connectivity index (χ1v) is 9.18. The molecule has 0 aliphatic rings. The molecule has 0 amide bonds. The molecule has 1 nitrogen and oxygen atoms in total. The Morgan fingerprint density at radius 3 is 2.35 bits per heavy atom. The summed E-state index contributed by atoms with van der Waals surface area (Å²) in [6, 6.07) is 2.23. The Morgan fingerprint density at radius 2 is 1.82 bits per heavy atom. The summed E-state index contributed by atoms with van der Waals surface area (Å²) in [7, 11) is -1.64. The molecule has 0 spiro atoms. The van der Waals surface area contributed by atoms with Crippen molar-refractivity contribution in [1.82, 2.24) is 0 Å². The van der Waals surface area contributed by atoms with Gasteiger partial charge in [0.2, 0.25) is 5.78 Å². The van der Waals surface area contributed by atoms with Crippen LogP contribution < -0.4 is 0 Å². The first kappa shape index (κ1) is 14.2. The van der Waals surface area contributed by atoms with Crippen molar-refractivity contribution in [2.45, 2.75) is 19.6 Å². The lowest BCUT2D eigenvalue weighted by molar-refractivity contribution is 0.105. The molecule has 90 valence electrons. The van der Waals surface area contributed by atoms with E-state index in [0.29, 0.717) is 0 Å². The highest BCUT2D eigenvalue weighted by Crippen LogP contribution is 2.24. The highest BCUT2D eigenvalue weighted by atomic mass is 35.5. The van der Waals surface area contributed by atoms with Crippen LogP contribution in [0.5, 0.6) is 0 Å². The van der Waals surface area contributed by atoms with Gasteiger partial charge in [-0.3, -0.25) is 4.79 Å². The Balaban J connectivity index is 3.13. The third kappa shape index (κ3) is 4.16. The van der Waals surface area contributed by atoms with Gasteiger partial charge in [0.05, 0.1) is 15.6 Å². The maximum absolute atomic E-state index is 13.2. The van der Waals surface area contributed by atoms with Crippen molar-refractivity contribution in [3.05, 3.63) is 33.6 Å². The molecular formula is C12H11Cl2FOSi. The maximum atomic E-state index is 13.2. The average Bonchev–Trinajstić information content (AvgIpc) is 2.19. The number of Topliss-reactive ketones (excluding diaryl/α,β-unsaturated/α-hetero) is 1. The van der Waals surface area contributed by atoms with Crippen LogP contribution in [-0.4, -0.2) is 13.9 Å². The van der Waals surface area contributed by atoms with Gasteiger partial charge in [-0.1, -0.05) is 42.8 Å². The molecule has 0 aliphatic heterocycles. The summed E-state index contributed by atoms with van der Waals surface area (Å²) < 4.78 is 13.2. The van der Waals surface area contributed by atoms with Crippen molar-refractivity contribution in [2.75, 3.05) is 0 Å². The van der Waals surface area contributed by atoms with Gasteiger partial charge >= 0.3 is 0 Å².